The van der Waals surface area contributed by atoms with Gasteiger partial charge in [0.05, 0.1) is 5.75 Å². The van der Waals surface area contributed by atoms with Crippen molar-refractivity contribution in [1.82, 2.24) is 10.2 Å². The zero-order valence-electron chi connectivity index (χ0n) is 12.1. The highest BCUT2D eigenvalue weighted by Crippen LogP contribution is 2.41. The van der Waals surface area contributed by atoms with Gasteiger partial charge < -0.3 is 10.2 Å². The predicted octanol–water partition coefficient (Wildman–Crippen LogP) is 2.09. The van der Waals surface area contributed by atoms with E-state index in [1.807, 2.05) is 38.1 Å². The van der Waals surface area contributed by atoms with Crippen LogP contribution in [-0.2, 0) is 9.59 Å². The minimum atomic E-state index is -0.443. The van der Waals surface area contributed by atoms with E-state index >= 15 is 0 Å². The van der Waals surface area contributed by atoms with Crippen LogP contribution in [0.2, 0.25) is 0 Å². The monoisotopic (exact) mass is 292 g/mol. The molecule has 2 rings (SSSR count). The van der Waals surface area contributed by atoms with Crippen molar-refractivity contribution in [1.29, 1.82) is 0 Å². The van der Waals surface area contributed by atoms with Crippen molar-refractivity contribution in [3.05, 3.63) is 35.4 Å². The summed E-state index contributed by atoms with van der Waals surface area (Å²) < 4.78 is 0. The topological polar surface area (TPSA) is 49.4 Å². The molecular weight excluding hydrogens is 272 g/mol. The summed E-state index contributed by atoms with van der Waals surface area (Å²) in [4.78, 5) is 25.9. The fourth-order valence-corrected chi connectivity index (χ4v) is 3.76. The van der Waals surface area contributed by atoms with E-state index in [2.05, 4.69) is 5.32 Å². The van der Waals surface area contributed by atoms with E-state index in [1.54, 1.807) is 23.6 Å². The third-order valence-electron chi connectivity index (χ3n) is 3.51. The van der Waals surface area contributed by atoms with Crippen LogP contribution in [0.3, 0.4) is 0 Å². The Morgan fingerprint density at radius 2 is 2.20 bits per heavy atom. The van der Waals surface area contributed by atoms with E-state index in [-0.39, 0.29) is 17.2 Å². The normalized spacial score (nSPS) is 20.1. The smallest absolute Gasteiger partial charge is 0.242 e. The first kappa shape index (κ1) is 14.9. The van der Waals surface area contributed by atoms with Gasteiger partial charge >= 0.3 is 0 Å². The fourth-order valence-electron chi connectivity index (χ4n) is 2.41. The zero-order valence-corrected chi connectivity index (χ0v) is 12.9. The number of likely N-dealkylation sites (N-methyl/N-ethyl adjacent to an activating group) is 1. The number of nitrogens with one attached hydrogen (secondary N) is 1. The Labute approximate surface area is 123 Å². The van der Waals surface area contributed by atoms with Gasteiger partial charge in [0, 0.05) is 6.54 Å². The molecule has 1 aromatic rings. The van der Waals surface area contributed by atoms with Crippen molar-refractivity contribution in [3.8, 4) is 0 Å². The number of rotatable bonds is 4. The van der Waals surface area contributed by atoms with Gasteiger partial charge in [-0.25, -0.2) is 0 Å². The van der Waals surface area contributed by atoms with Gasteiger partial charge in [0.2, 0.25) is 11.8 Å². The maximum Gasteiger partial charge on any atom is 0.242 e. The Bertz CT molecular complexity index is 518. The number of benzene rings is 1. The van der Waals surface area contributed by atoms with E-state index in [4.69, 9.17) is 0 Å². The van der Waals surface area contributed by atoms with Crippen LogP contribution in [-0.4, -0.2) is 35.1 Å². The molecular formula is C15H20N2O2S. The highest BCUT2D eigenvalue weighted by Gasteiger charge is 2.38. The highest BCUT2D eigenvalue weighted by atomic mass is 32.2. The van der Waals surface area contributed by atoms with Crippen molar-refractivity contribution >= 4 is 23.6 Å². The van der Waals surface area contributed by atoms with Gasteiger partial charge in [0.1, 0.15) is 11.4 Å². The minimum Gasteiger partial charge on any atom is -0.355 e. The molecule has 1 saturated heterocycles. The van der Waals surface area contributed by atoms with Crippen LogP contribution in [0.5, 0.6) is 0 Å². The highest BCUT2D eigenvalue weighted by molar-refractivity contribution is 8.00. The number of hydrogen-bond donors (Lipinski definition) is 1. The second-order valence-corrected chi connectivity index (χ2v) is 5.96. The summed E-state index contributed by atoms with van der Waals surface area (Å²) in [5, 5.41) is 2.72. The number of amides is 2. The molecule has 0 spiro atoms. The summed E-state index contributed by atoms with van der Waals surface area (Å²) in [6.45, 7) is 6.28. The van der Waals surface area contributed by atoms with Crippen LogP contribution in [0, 0.1) is 6.92 Å². The van der Waals surface area contributed by atoms with E-state index < -0.39 is 6.04 Å². The Kier molecular flexibility index (Phi) is 4.70. The quantitative estimate of drug-likeness (QED) is 0.924. The van der Waals surface area contributed by atoms with Crippen LogP contribution < -0.4 is 5.32 Å². The Morgan fingerprint density at radius 1 is 1.50 bits per heavy atom. The number of nitrogens with zero attached hydrogens (tertiary/aromatic N) is 1. The first-order valence-electron chi connectivity index (χ1n) is 6.82. The second-order valence-electron chi connectivity index (χ2n) is 4.89. The van der Waals surface area contributed by atoms with Gasteiger partial charge in [-0.05, 0) is 31.9 Å². The number of aryl methyl sites for hydroxylation is 1. The molecule has 0 aromatic heterocycles. The molecule has 1 heterocycles. The van der Waals surface area contributed by atoms with Crippen LogP contribution in [0.25, 0.3) is 0 Å². The lowest BCUT2D eigenvalue weighted by atomic mass is 10.1. The van der Waals surface area contributed by atoms with E-state index in [1.165, 1.54) is 0 Å². The maximum atomic E-state index is 12.1. The van der Waals surface area contributed by atoms with Crippen molar-refractivity contribution in [2.24, 2.45) is 0 Å². The average molecular weight is 292 g/mol. The predicted molar refractivity (Wildman–Crippen MR) is 81.4 cm³/mol. The lowest BCUT2D eigenvalue weighted by molar-refractivity contribution is -0.137. The number of carbonyl (C=O) groups excluding carboxylic acids is 2. The van der Waals surface area contributed by atoms with E-state index in [0.717, 1.165) is 11.1 Å². The summed E-state index contributed by atoms with van der Waals surface area (Å²) >= 11 is 1.59. The third-order valence-corrected chi connectivity index (χ3v) is 4.72. The molecule has 1 fully saturated rings. The minimum absolute atomic E-state index is 0.0296. The summed E-state index contributed by atoms with van der Waals surface area (Å²) in [5.74, 6) is 0.367. The van der Waals surface area contributed by atoms with E-state index in [0.29, 0.717) is 12.3 Å². The third kappa shape index (κ3) is 2.82. The van der Waals surface area contributed by atoms with Gasteiger partial charge in [-0.2, -0.15) is 0 Å². The largest absolute Gasteiger partial charge is 0.355 e. The molecule has 108 valence electrons. The molecule has 0 aliphatic carbocycles. The SMILES string of the molecule is CCNC(=O)C(C)N1C(=O)CSC1c1ccccc1C. The molecule has 0 saturated carbocycles. The second kappa shape index (κ2) is 6.31. The molecule has 5 heteroatoms. The molecule has 1 aromatic carbocycles. The molecule has 2 atom stereocenters. The molecule has 2 unspecified atom stereocenters. The van der Waals surface area contributed by atoms with Crippen LogP contribution in [0.1, 0.15) is 30.3 Å². The summed E-state index contributed by atoms with van der Waals surface area (Å²) in [5.41, 5.74) is 2.26. The lowest BCUT2D eigenvalue weighted by Gasteiger charge is -2.30. The van der Waals surface area contributed by atoms with Crippen molar-refractivity contribution in [2.45, 2.75) is 32.2 Å². The van der Waals surface area contributed by atoms with Gasteiger partial charge in [-0.15, -0.1) is 11.8 Å². The molecule has 0 bridgehead atoms. The lowest BCUT2D eigenvalue weighted by Crippen LogP contribution is -2.46. The first-order valence-corrected chi connectivity index (χ1v) is 7.87. The Hall–Kier alpha value is -1.49. The van der Waals surface area contributed by atoms with E-state index in [9.17, 15) is 9.59 Å². The van der Waals surface area contributed by atoms with Crippen molar-refractivity contribution in [2.75, 3.05) is 12.3 Å². The number of thioether (sulfide) groups is 1. The zero-order chi connectivity index (χ0) is 14.7. The van der Waals surface area contributed by atoms with Gasteiger partial charge in [-0.1, -0.05) is 24.3 Å². The Morgan fingerprint density at radius 3 is 2.85 bits per heavy atom. The molecule has 1 N–H and O–H groups in total. The molecule has 4 nitrogen and oxygen atoms in total. The summed E-state index contributed by atoms with van der Waals surface area (Å²) in [6, 6.07) is 7.58. The summed E-state index contributed by atoms with van der Waals surface area (Å²) in [6.07, 6.45) is 0. The number of carbonyl (C=O) groups is 2. The van der Waals surface area contributed by atoms with Crippen LogP contribution in [0.4, 0.5) is 0 Å². The first-order chi connectivity index (χ1) is 9.56. The standard InChI is InChI=1S/C15H20N2O2S/c1-4-16-14(19)11(3)17-13(18)9-20-15(17)12-8-6-5-7-10(12)2/h5-8,11,15H,4,9H2,1-3H3,(H,16,19). The van der Waals surface area contributed by atoms with Gasteiger partial charge in [-0.3, -0.25) is 9.59 Å². The number of hydrogen-bond acceptors (Lipinski definition) is 3. The molecule has 1 aliphatic heterocycles. The van der Waals surface area contributed by atoms with Crippen molar-refractivity contribution in [3.63, 3.8) is 0 Å². The average Bonchev–Trinajstić information content (AvgIpc) is 2.80. The van der Waals surface area contributed by atoms with Gasteiger partial charge in [0.15, 0.2) is 0 Å². The van der Waals surface area contributed by atoms with Gasteiger partial charge in [0.25, 0.3) is 0 Å². The van der Waals surface area contributed by atoms with Crippen molar-refractivity contribution < 1.29 is 9.59 Å². The molecule has 2 amide bonds. The molecule has 1 aliphatic rings. The molecule has 20 heavy (non-hydrogen) atoms. The fraction of sp³-hybridized carbons (Fsp3) is 0.467. The van der Waals surface area contributed by atoms with Crippen LogP contribution in [0.15, 0.2) is 24.3 Å². The summed E-state index contributed by atoms with van der Waals surface area (Å²) in [7, 11) is 0. The Balaban J connectivity index is 2.27. The molecule has 0 radical (unpaired) electrons. The maximum absolute atomic E-state index is 12.1. The van der Waals surface area contributed by atoms with Crippen LogP contribution >= 0.6 is 11.8 Å².